The molecule has 0 aliphatic carbocycles. The Hall–Kier alpha value is -3.53. The number of rotatable bonds is 7. The summed E-state index contributed by atoms with van der Waals surface area (Å²) in [6.07, 6.45) is -4.85. The van der Waals surface area contributed by atoms with E-state index in [9.17, 15) is 23.1 Å². The minimum absolute atomic E-state index is 0.0499. The molecule has 0 aliphatic rings. The Morgan fingerprint density at radius 1 is 1.10 bits per heavy atom. The van der Waals surface area contributed by atoms with Crippen LogP contribution in [0, 0.1) is 0 Å². The summed E-state index contributed by atoms with van der Waals surface area (Å²) < 4.78 is 53.0. The third-order valence-corrected chi connectivity index (χ3v) is 5.06. The highest BCUT2D eigenvalue weighted by Crippen LogP contribution is 2.32. The van der Waals surface area contributed by atoms with Crippen molar-refractivity contribution in [3.8, 4) is 22.8 Å². The highest BCUT2D eigenvalue weighted by molar-refractivity contribution is 7.03. The van der Waals surface area contributed by atoms with Crippen molar-refractivity contribution < 1.29 is 32.5 Å². The van der Waals surface area contributed by atoms with Crippen molar-refractivity contribution in [3.05, 3.63) is 65.7 Å². The highest BCUT2D eigenvalue weighted by atomic mass is 32.1. The van der Waals surface area contributed by atoms with Gasteiger partial charge < -0.3 is 19.1 Å². The van der Waals surface area contributed by atoms with Crippen LogP contribution in [0.2, 0.25) is 0 Å². The number of aromatic nitrogens is 2. The van der Waals surface area contributed by atoms with Crippen molar-refractivity contribution >= 4 is 28.4 Å². The normalized spacial score (nSPS) is 11.6. The van der Waals surface area contributed by atoms with Gasteiger partial charge >= 0.3 is 12.3 Å². The third kappa shape index (κ3) is 4.64. The van der Waals surface area contributed by atoms with E-state index < -0.39 is 18.1 Å². The highest BCUT2D eigenvalue weighted by Gasteiger charge is 2.32. The summed E-state index contributed by atoms with van der Waals surface area (Å²) in [5.41, 5.74) is 2.37. The number of para-hydroxylation sites is 2. The van der Waals surface area contributed by atoms with Crippen LogP contribution in [0.5, 0.6) is 11.5 Å². The lowest BCUT2D eigenvalue weighted by molar-refractivity contribution is -0.275. The zero-order valence-electron chi connectivity index (χ0n) is 15.8. The molecule has 160 valence electrons. The van der Waals surface area contributed by atoms with Crippen molar-refractivity contribution in [1.82, 2.24) is 8.94 Å². The smallest absolute Gasteiger partial charge is 0.488 e. The number of nitrogens with zero attached hydrogens (tertiary/aromatic N) is 2. The zero-order valence-corrected chi connectivity index (χ0v) is 16.6. The molecule has 0 radical (unpaired) electrons. The predicted molar refractivity (Wildman–Crippen MR) is 109 cm³/mol. The predicted octanol–water partition coefficient (Wildman–Crippen LogP) is 5.44. The standard InChI is InChI=1S/C21H15F3N2O4S/c22-21(23,24)30-19-4-2-1-3-18(19)29-9-8-26-16-6-5-13(15-7-10-31-25-15)11-14(16)12-17(26)20(27)28/h1-7,10-12H,8-9H2,(H,27,28). The molecule has 0 bridgehead atoms. The van der Waals surface area contributed by atoms with Crippen molar-refractivity contribution in [2.24, 2.45) is 0 Å². The van der Waals surface area contributed by atoms with Crippen LogP contribution in [0.25, 0.3) is 22.2 Å². The number of halogens is 3. The van der Waals surface area contributed by atoms with Crippen LogP contribution in [0.3, 0.4) is 0 Å². The number of hydrogen-bond acceptors (Lipinski definition) is 5. The summed E-state index contributed by atoms with van der Waals surface area (Å²) >= 11 is 1.32. The van der Waals surface area contributed by atoms with Gasteiger partial charge in [-0.1, -0.05) is 18.2 Å². The average Bonchev–Trinajstić information content (AvgIpc) is 3.36. The number of alkyl halides is 3. The van der Waals surface area contributed by atoms with Gasteiger partial charge in [-0.05, 0) is 47.9 Å². The summed E-state index contributed by atoms with van der Waals surface area (Å²) in [7, 11) is 0. The molecule has 2 aromatic carbocycles. The number of benzene rings is 2. The first-order valence-electron chi connectivity index (χ1n) is 9.07. The minimum atomic E-state index is -4.85. The Morgan fingerprint density at radius 2 is 1.87 bits per heavy atom. The molecular weight excluding hydrogens is 433 g/mol. The molecule has 0 saturated heterocycles. The number of carboxylic acid groups (broad SMARTS) is 1. The quantitative estimate of drug-likeness (QED) is 0.408. The number of hydrogen-bond donors (Lipinski definition) is 1. The molecule has 2 aromatic heterocycles. The molecule has 4 aromatic rings. The van der Waals surface area contributed by atoms with E-state index in [2.05, 4.69) is 9.11 Å². The molecule has 0 unspecified atom stereocenters. The van der Waals surface area contributed by atoms with Gasteiger partial charge in [0.2, 0.25) is 0 Å². The fourth-order valence-electron chi connectivity index (χ4n) is 3.24. The molecule has 2 heterocycles. The van der Waals surface area contributed by atoms with Gasteiger partial charge in [0.05, 0.1) is 12.2 Å². The van der Waals surface area contributed by atoms with Crippen LogP contribution in [-0.2, 0) is 6.54 Å². The van der Waals surface area contributed by atoms with Crippen LogP contribution >= 0.6 is 11.5 Å². The lowest BCUT2D eigenvalue weighted by atomic mass is 10.1. The first kappa shape index (κ1) is 20.7. The number of fused-ring (bicyclic) bond motifs is 1. The van der Waals surface area contributed by atoms with Gasteiger partial charge in [-0.2, -0.15) is 4.37 Å². The van der Waals surface area contributed by atoms with E-state index in [0.29, 0.717) is 10.9 Å². The summed E-state index contributed by atoms with van der Waals surface area (Å²) in [5, 5.41) is 12.2. The second-order valence-electron chi connectivity index (χ2n) is 6.49. The lowest BCUT2D eigenvalue weighted by Crippen LogP contribution is -2.18. The molecule has 0 saturated carbocycles. The molecular formula is C21H15F3N2O4S. The van der Waals surface area contributed by atoms with E-state index in [1.165, 1.54) is 29.7 Å². The molecule has 4 rings (SSSR count). The Kier molecular flexibility index (Phi) is 5.55. The Labute approximate surface area is 178 Å². The monoisotopic (exact) mass is 448 g/mol. The Morgan fingerprint density at radius 3 is 2.55 bits per heavy atom. The summed E-state index contributed by atoms with van der Waals surface area (Å²) in [4.78, 5) is 11.7. The van der Waals surface area contributed by atoms with E-state index in [0.717, 1.165) is 17.3 Å². The summed E-state index contributed by atoms with van der Waals surface area (Å²) in [5.74, 6) is -1.66. The number of aromatic carboxylic acids is 1. The van der Waals surface area contributed by atoms with Crippen molar-refractivity contribution in [1.29, 1.82) is 0 Å². The van der Waals surface area contributed by atoms with Gasteiger partial charge in [-0.15, -0.1) is 13.2 Å². The van der Waals surface area contributed by atoms with Crippen molar-refractivity contribution in [2.75, 3.05) is 6.61 Å². The van der Waals surface area contributed by atoms with Crippen molar-refractivity contribution in [3.63, 3.8) is 0 Å². The van der Waals surface area contributed by atoms with Crippen LogP contribution in [-0.4, -0.2) is 33.0 Å². The number of ether oxygens (including phenoxy) is 2. The maximum Gasteiger partial charge on any atom is 0.573 e. The SMILES string of the molecule is O=C(O)c1cc2cc(-c3ccsn3)ccc2n1CCOc1ccccc1OC(F)(F)F. The van der Waals surface area contributed by atoms with E-state index in [-0.39, 0.29) is 24.6 Å². The first-order valence-corrected chi connectivity index (χ1v) is 9.90. The van der Waals surface area contributed by atoms with E-state index in [1.54, 1.807) is 16.7 Å². The molecule has 1 N–H and O–H groups in total. The van der Waals surface area contributed by atoms with Gasteiger partial charge in [0.15, 0.2) is 11.5 Å². The van der Waals surface area contributed by atoms with Gasteiger partial charge in [0.25, 0.3) is 0 Å². The van der Waals surface area contributed by atoms with E-state index in [1.807, 2.05) is 23.6 Å². The second-order valence-corrected chi connectivity index (χ2v) is 7.15. The summed E-state index contributed by atoms with van der Waals surface area (Å²) in [6, 6.07) is 14.3. The largest absolute Gasteiger partial charge is 0.573 e. The number of carbonyl (C=O) groups is 1. The van der Waals surface area contributed by atoms with Crippen LogP contribution < -0.4 is 9.47 Å². The Bertz CT molecular complexity index is 1220. The molecule has 0 spiro atoms. The molecule has 0 aliphatic heterocycles. The third-order valence-electron chi connectivity index (χ3n) is 4.50. The fraction of sp³-hybridized carbons (Fsp3) is 0.143. The second kappa shape index (κ2) is 8.31. The van der Waals surface area contributed by atoms with Crippen LogP contribution in [0.1, 0.15) is 10.5 Å². The molecule has 0 atom stereocenters. The molecule has 0 amide bonds. The first-order chi connectivity index (χ1) is 14.8. The van der Waals surface area contributed by atoms with Gasteiger partial charge in [0.1, 0.15) is 12.3 Å². The van der Waals surface area contributed by atoms with Crippen LogP contribution in [0.15, 0.2) is 60.0 Å². The summed E-state index contributed by atoms with van der Waals surface area (Å²) in [6.45, 7) is 0.0532. The molecule has 0 fully saturated rings. The number of carboxylic acids is 1. The Balaban J connectivity index is 1.57. The topological polar surface area (TPSA) is 73.6 Å². The molecule has 10 heteroatoms. The average molecular weight is 448 g/mol. The van der Waals surface area contributed by atoms with E-state index in [4.69, 9.17) is 4.74 Å². The van der Waals surface area contributed by atoms with E-state index >= 15 is 0 Å². The van der Waals surface area contributed by atoms with Gasteiger partial charge in [-0.25, -0.2) is 4.79 Å². The molecule has 31 heavy (non-hydrogen) atoms. The van der Waals surface area contributed by atoms with Gasteiger partial charge in [0, 0.05) is 21.8 Å². The van der Waals surface area contributed by atoms with Crippen LogP contribution in [0.4, 0.5) is 13.2 Å². The maximum absolute atomic E-state index is 12.6. The zero-order chi connectivity index (χ0) is 22.0. The fourth-order valence-corrected chi connectivity index (χ4v) is 3.77. The molecule has 6 nitrogen and oxygen atoms in total. The lowest BCUT2D eigenvalue weighted by Gasteiger charge is -2.15. The van der Waals surface area contributed by atoms with Crippen molar-refractivity contribution in [2.45, 2.75) is 12.9 Å². The minimum Gasteiger partial charge on any atom is -0.488 e. The van der Waals surface area contributed by atoms with Gasteiger partial charge in [-0.3, -0.25) is 0 Å². The maximum atomic E-state index is 12.6.